The molecule has 1 saturated heterocycles. The number of likely N-dealkylation sites (tertiary alicyclic amines) is 1. The lowest BCUT2D eigenvalue weighted by molar-refractivity contribution is 0.0813. The monoisotopic (exact) mass is 259 g/mol. The number of hydrogen-bond acceptors (Lipinski definition) is 2. The number of aromatic hydroxyl groups is 1. The molecule has 0 saturated carbocycles. The molecule has 1 aliphatic carbocycles. The van der Waals surface area contributed by atoms with E-state index in [4.69, 9.17) is 0 Å². The zero-order valence-electron chi connectivity index (χ0n) is 11.9. The summed E-state index contributed by atoms with van der Waals surface area (Å²) >= 11 is 0. The molecule has 0 amide bonds. The zero-order chi connectivity index (χ0) is 13.2. The third kappa shape index (κ3) is 2.51. The van der Waals surface area contributed by atoms with Gasteiger partial charge in [-0.1, -0.05) is 19.4 Å². The summed E-state index contributed by atoms with van der Waals surface area (Å²) in [6.07, 6.45) is 9.04. The van der Waals surface area contributed by atoms with Gasteiger partial charge in [-0.3, -0.25) is 4.90 Å². The highest BCUT2D eigenvalue weighted by Crippen LogP contribution is 2.39. The Labute approximate surface area is 116 Å². The normalized spacial score (nSPS) is 28.1. The topological polar surface area (TPSA) is 23.5 Å². The van der Waals surface area contributed by atoms with Gasteiger partial charge in [0.25, 0.3) is 0 Å². The number of piperidine rings is 1. The number of hydrogen-bond donors (Lipinski definition) is 1. The molecule has 3 rings (SSSR count). The molecule has 0 radical (unpaired) electrons. The molecule has 1 N–H and O–H groups in total. The van der Waals surface area contributed by atoms with Crippen LogP contribution < -0.4 is 0 Å². The molecule has 2 unspecified atom stereocenters. The molecule has 1 fully saturated rings. The first-order valence-corrected chi connectivity index (χ1v) is 7.87. The highest BCUT2D eigenvalue weighted by atomic mass is 16.3. The predicted molar refractivity (Wildman–Crippen MR) is 78.4 cm³/mol. The SMILES string of the molecule is CCC1CCCCN1C1CCCc2ccc(O)cc21. The summed E-state index contributed by atoms with van der Waals surface area (Å²) in [4.78, 5) is 2.72. The standard InChI is InChI=1S/C17H25NO/c1-2-14-7-3-4-11-18(14)17-8-5-6-13-9-10-15(19)12-16(13)17/h9-10,12,14,17,19H,2-8,11H2,1H3. The van der Waals surface area contributed by atoms with Crippen molar-refractivity contribution in [2.24, 2.45) is 0 Å². The lowest BCUT2D eigenvalue weighted by atomic mass is 9.84. The molecule has 1 aromatic carbocycles. The Balaban J connectivity index is 1.91. The van der Waals surface area contributed by atoms with Crippen molar-refractivity contribution in [3.05, 3.63) is 29.3 Å². The van der Waals surface area contributed by atoms with Crippen LogP contribution in [0.15, 0.2) is 18.2 Å². The fourth-order valence-corrected chi connectivity index (χ4v) is 3.98. The van der Waals surface area contributed by atoms with Gasteiger partial charge in [-0.05, 0) is 68.3 Å². The van der Waals surface area contributed by atoms with Crippen molar-refractivity contribution in [2.45, 2.75) is 64.0 Å². The van der Waals surface area contributed by atoms with Crippen LogP contribution in [-0.2, 0) is 6.42 Å². The summed E-state index contributed by atoms with van der Waals surface area (Å²) in [5.74, 6) is 0.427. The van der Waals surface area contributed by atoms with E-state index in [-0.39, 0.29) is 0 Å². The van der Waals surface area contributed by atoms with E-state index in [0.29, 0.717) is 11.8 Å². The first-order valence-electron chi connectivity index (χ1n) is 7.87. The van der Waals surface area contributed by atoms with E-state index in [9.17, 15) is 5.11 Å². The lowest BCUT2D eigenvalue weighted by Gasteiger charge is -2.43. The summed E-state index contributed by atoms with van der Waals surface area (Å²) in [5.41, 5.74) is 2.85. The van der Waals surface area contributed by atoms with Crippen molar-refractivity contribution in [1.82, 2.24) is 4.90 Å². The fourth-order valence-electron chi connectivity index (χ4n) is 3.98. The predicted octanol–water partition coefficient (Wildman–Crippen LogP) is 4.03. The minimum absolute atomic E-state index is 0.427. The third-order valence-electron chi connectivity index (χ3n) is 4.96. The number of fused-ring (bicyclic) bond motifs is 1. The summed E-state index contributed by atoms with van der Waals surface area (Å²) in [6.45, 7) is 3.55. The highest BCUT2D eigenvalue weighted by molar-refractivity contribution is 5.38. The van der Waals surface area contributed by atoms with Crippen LogP contribution in [0.2, 0.25) is 0 Å². The second-order valence-corrected chi connectivity index (χ2v) is 6.09. The molecule has 19 heavy (non-hydrogen) atoms. The summed E-state index contributed by atoms with van der Waals surface area (Å²) in [5, 5.41) is 9.81. The van der Waals surface area contributed by atoms with Crippen molar-refractivity contribution >= 4 is 0 Å². The minimum atomic E-state index is 0.427. The molecule has 0 aromatic heterocycles. The average molecular weight is 259 g/mol. The molecule has 2 heteroatoms. The summed E-state index contributed by atoms with van der Waals surface area (Å²) in [6, 6.07) is 7.27. The smallest absolute Gasteiger partial charge is 0.115 e. The van der Waals surface area contributed by atoms with Gasteiger partial charge in [0.1, 0.15) is 5.75 Å². The molecule has 2 atom stereocenters. The van der Waals surface area contributed by atoms with E-state index in [2.05, 4.69) is 17.9 Å². The maximum Gasteiger partial charge on any atom is 0.115 e. The Kier molecular flexibility index (Phi) is 3.79. The van der Waals surface area contributed by atoms with E-state index in [1.807, 2.05) is 12.1 Å². The quantitative estimate of drug-likeness (QED) is 0.866. The van der Waals surface area contributed by atoms with Crippen LogP contribution in [0, 0.1) is 0 Å². The number of phenols is 1. The number of rotatable bonds is 2. The van der Waals surface area contributed by atoms with Crippen molar-refractivity contribution in [1.29, 1.82) is 0 Å². The van der Waals surface area contributed by atoms with Crippen LogP contribution in [0.4, 0.5) is 0 Å². The summed E-state index contributed by atoms with van der Waals surface area (Å²) < 4.78 is 0. The van der Waals surface area contributed by atoms with E-state index >= 15 is 0 Å². The fraction of sp³-hybridized carbons (Fsp3) is 0.647. The van der Waals surface area contributed by atoms with Crippen molar-refractivity contribution in [2.75, 3.05) is 6.54 Å². The second kappa shape index (κ2) is 5.54. The van der Waals surface area contributed by atoms with Crippen molar-refractivity contribution in [3.63, 3.8) is 0 Å². The maximum atomic E-state index is 9.81. The Hall–Kier alpha value is -1.02. The first-order chi connectivity index (χ1) is 9.29. The molecule has 2 nitrogen and oxygen atoms in total. The Bertz CT molecular complexity index is 443. The third-order valence-corrected chi connectivity index (χ3v) is 4.96. The van der Waals surface area contributed by atoms with Gasteiger partial charge >= 0.3 is 0 Å². The molecule has 104 valence electrons. The molecule has 1 aromatic rings. The maximum absolute atomic E-state index is 9.81. The van der Waals surface area contributed by atoms with Gasteiger partial charge in [0.15, 0.2) is 0 Å². The average Bonchev–Trinajstić information content (AvgIpc) is 2.46. The highest BCUT2D eigenvalue weighted by Gasteiger charge is 2.31. The number of aryl methyl sites for hydroxylation is 1. The second-order valence-electron chi connectivity index (χ2n) is 6.09. The van der Waals surface area contributed by atoms with Crippen molar-refractivity contribution in [3.8, 4) is 5.75 Å². The van der Waals surface area contributed by atoms with Crippen LogP contribution in [0.25, 0.3) is 0 Å². The molecular formula is C17H25NO. The van der Waals surface area contributed by atoms with Crippen LogP contribution in [-0.4, -0.2) is 22.6 Å². The van der Waals surface area contributed by atoms with E-state index < -0.39 is 0 Å². The van der Waals surface area contributed by atoms with Gasteiger partial charge in [0.2, 0.25) is 0 Å². The molecular weight excluding hydrogens is 234 g/mol. The summed E-state index contributed by atoms with van der Waals surface area (Å²) in [7, 11) is 0. The van der Waals surface area contributed by atoms with Crippen LogP contribution >= 0.6 is 0 Å². The van der Waals surface area contributed by atoms with E-state index in [1.165, 1.54) is 62.6 Å². The zero-order valence-corrected chi connectivity index (χ0v) is 11.9. The number of phenolic OH excluding ortho intramolecular Hbond substituents is 1. The Morgan fingerprint density at radius 1 is 1.21 bits per heavy atom. The largest absolute Gasteiger partial charge is 0.508 e. The van der Waals surface area contributed by atoms with Crippen LogP contribution in [0.1, 0.15) is 62.6 Å². The molecule has 0 spiro atoms. The molecule has 1 heterocycles. The van der Waals surface area contributed by atoms with Crippen molar-refractivity contribution < 1.29 is 5.11 Å². The first kappa shape index (κ1) is 13.0. The van der Waals surface area contributed by atoms with Gasteiger partial charge in [-0.25, -0.2) is 0 Å². The van der Waals surface area contributed by atoms with E-state index in [0.717, 1.165) is 6.04 Å². The molecule has 0 bridgehead atoms. The van der Waals surface area contributed by atoms with Gasteiger partial charge in [0, 0.05) is 12.1 Å². The molecule has 2 aliphatic rings. The number of nitrogens with zero attached hydrogens (tertiary/aromatic N) is 1. The Morgan fingerprint density at radius 2 is 2.11 bits per heavy atom. The van der Waals surface area contributed by atoms with Gasteiger partial charge < -0.3 is 5.11 Å². The van der Waals surface area contributed by atoms with Gasteiger partial charge in [0.05, 0.1) is 0 Å². The lowest BCUT2D eigenvalue weighted by Crippen LogP contribution is -2.42. The van der Waals surface area contributed by atoms with Gasteiger partial charge in [-0.15, -0.1) is 0 Å². The Morgan fingerprint density at radius 3 is 2.95 bits per heavy atom. The van der Waals surface area contributed by atoms with Crippen LogP contribution in [0.3, 0.4) is 0 Å². The minimum Gasteiger partial charge on any atom is -0.508 e. The van der Waals surface area contributed by atoms with Crippen LogP contribution in [0.5, 0.6) is 5.75 Å². The molecule has 1 aliphatic heterocycles. The van der Waals surface area contributed by atoms with Gasteiger partial charge in [-0.2, -0.15) is 0 Å². The van der Waals surface area contributed by atoms with E-state index in [1.54, 1.807) is 0 Å². The number of benzene rings is 1.